The Kier molecular flexibility index (Phi) is 7.13. The third-order valence-corrected chi connectivity index (χ3v) is 6.24. The van der Waals surface area contributed by atoms with Crippen molar-refractivity contribution in [1.29, 1.82) is 0 Å². The molecule has 2 saturated heterocycles. The van der Waals surface area contributed by atoms with Crippen LogP contribution in [-0.2, 0) is 14.9 Å². The highest BCUT2D eigenvalue weighted by molar-refractivity contribution is 5.76. The molecule has 2 N–H and O–H groups in total. The molecule has 5 nitrogen and oxygen atoms in total. The number of hydrogen-bond acceptors (Lipinski definition) is 4. The standard InChI is InChI=1S/C22H34N2O3/c1-17-3-5-20(26-2)19(15-17)22(9-13-27-14-10-22)16-24-21(25)6-4-18-7-11-23-12-8-18/h3,5,15,18,23H,4,6-14,16H2,1-2H3,(H,24,25). The van der Waals surface area contributed by atoms with E-state index in [1.807, 2.05) is 6.07 Å². The molecule has 1 aromatic carbocycles. The van der Waals surface area contributed by atoms with Crippen molar-refractivity contribution in [3.8, 4) is 5.75 Å². The van der Waals surface area contributed by atoms with E-state index in [-0.39, 0.29) is 11.3 Å². The molecule has 2 aliphatic heterocycles. The summed E-state index contributed by atoms with van der Waals surface area (Å²) < 4.78 is 11.3. The lowest BCUT2D eigenvalue weighted by atomic mass is 9.73. The normalized spacial score (nSPS) is 20.2. The summed E-state index contributed by atoms with van der Waals surface area (Å²) in [6.07, 6.45) is 5.81. The van der Waals surface area contributed by atoms with Gasteiger partial charge in [0.25, 0.3) is 0 Å². The van der Waals surface area contributed by atoms with Gasteiger partial charge in [-0.2, -0.15) is 0 Å². The number of methoxy groups -OCH3 is 1. The molecule has 150 valence electrons. The van der Waals surface area contributed by atoms with Gasteiger partial charge in [0.2, 0.25) is 5.91 Å². The van der Waals surface area contributed by atoms with Crippen molar-refractivity contribution in [3.63, 3.8) is 0 Å². The van der Waals surface area contributed by atoms with Crippen LogP contribution in [0.3, 0.4) is 0 Å². The van der Waals surface area contributed by atoms with Gasteiger partial charge in [-0.05, 0) is 64.1 Å². The Labute approximate surface area is 163 Å². The lowest BCUT2D eigenvalue weighted by Crippen LogP contribution is -2.45. The zero-order valence-electron chi connectivity index (χ0n) is 16.8. The third kappa shape index (κ3) is 5.23. The van der Waals surface area contributed by atoms with Crippen LogP contribution in [0.1, 0.15) is 49.7 Å². The molecular formula is C22H34N2O3. The summed E-state index contributed by atoms with van der Waals surface area (Å²) in [5, 5.41) is 6.62. The number of carbonyl (C=O) groups is 1. The lowest BCUT2D eigenvalue weighted by Gasteiger charge is -2.39. The molecule has 0 radical (unpaired) electrons. The number of amides is 1. The second kappa shape index (κ2) is 9.56. The van der Waals surface area contributed by atoms with E-state index in [4.69, 9.17) is 9.47 Å². The Balaban J connectivity index is 1.64. The van der Waals surface area contributed by atoms with E-state index in [0.29, 0.717) is 18.9 Å². The number of hydrogen-bond donors (Lipinski definition) is 2. The summed E-state index contributed by atoms with van der Waals surface area (Å²) in [6, 6.07) is 6.33. The Hall–Kier alpha value is -1.59. The number of nitrogens with one attached hydrogen (secondary N) is 2. The predicted octanol–water partition coefficient (Wildman–Crippen LogP) is 2.95. The van der Waals surface area contributed by atoms with E-state index in [1.165, 1.54) is 24.0 Å². The SMILES string of the molecule is COc1ccc(C)cc1C1(CNC(=O)CCC2CCNCC2)CCOCC1. The first-order valence-corrected chi connectivity index (χ1v) is 10.3. The van der Waals surface area contributed by atoms with Crippen molar-refractivity contribution in [2.24, 2.45) is 5.92 Å². The van der Waals surface area contributed by atoms with Crippen LogP contribution in [0.5, 0.6) is 5.75 Å². The van der Waals surface area contributed by atoms with Crippen LogP contribution < -0.4 is 15.4 Å². The Morgan fingerprint density at radius 3 is 2.74 bits per heavy atom. The smallest absolute Gasteiger partial charge is 0.220 e. The van der Waals surface area contributed by atoms with Gasteiger partial charge in [-0.3, -0.25) is 4.79 Å². The van der Waals surface area contributed by atoms with Crippen molar-refractivity contribution in [3.05, 3.63) is 29.3 Å². The van der Waals surface area contributed by atoms with Crippen LogP contribution in [-0.4, -0.2) is 45.9 Å². The van der Waals surface area contributed by atoms with Gasteiger partial charge in [-0.1, -0.05) is 17.7 Å². The van der Waals surface area contributed by atoms with E-state index in [9.17, 15) is 4.79 Å². The van der Waals surface area contributed by atoms with Gasteiger partial charge < -0.3 is 20.1 Å². The fraction of sp³-hybridized carbons (Fsp3) is 0.682. The molecule has 0 unspecified atom stereocenters. The number of aryl methyl sites for hydroxylation is 1. The molecule has 2 aliphatic rings. The minimum absolute atomic E-state index is 0.111. The number of carbonyl (C=O) groups excluding carboxylic acids is 1. The highest BCUT2D eigenvalue weighted by Crippen LogP contribution is 2.40. The van der Waals surface area contributed by atoms with Gasteiger partial charge in [0.15, 0.2) is 0 Å². The maximum atomic E-state index is 12.5. The van der Waals surface area contributed by atoms with Crippen molar-refractivity contribution in [2.75, 3.05) is 40.0 Å². The fourth-order valence-electron chi connectivity index (χ4n) is 4.40. The molecule has 1 amide bonds. The van der Waals surface area contributed by atoms with E-state index in [0.717, 1.165) is 51.3 Å². The maximum Gasteiger partial charge on any atom is 0.220 e. The average molecular weight is 375 g/mol. The number of benzene rings is 1. The highest BCUT2D eigenvalue weighted by atomic mass is 16.5. The van der Waals surface area contributed by atoms with Crippen LogP contribution in [0.15, 0.2) is 18.2 Å². The first-order chi connectivity index (χ1) is 13.1. The van der Waals surface area contributed by atoms with Crippen molar-refractivity contribution >= 4 is 5.91 Å². The Bertz CT molecular complexity index is 620. The first kappa shape index (κ1) is 20.2. The number of piperidine rings is 1. The summed E-state index contributed by atoms with van der Waals surface area (Å²) >= 11 is 0. The Morgan fingerprint density at radius 1 is 1.30 bits per heavy atom. The molecule has 3 rings (SSSR count). The second-order valence-electron chi connectivity index (χ2n) is 8.11. The molecule has 0 spiro atoms. The highest BCUT2D eigenvalue weighted by Gasteiger charge is 2.37. The summed E-state index contributed by atoms with van der Waals surface area (Å²) in [4.78, 5) is 12.5. The molecule has 0 aromatic heterocycles. The van der Waals surface area contributed by atoms with Gasteiger partial charge >= 0.3 is 0 Å². The van der Waals surface area contributed by atoms with Gasteiger partial charge in [-0.25, -0.2) is 0 Å². The van der Waals surface area contributed by atoms with Gasteiger partial charge in [0.1, 0.15) is 5.75 Å². The van der Waals surface area contributed by atoms with Crippen molar-refractivity contribution in [1.82, 2.24) is 10.6 Å². The van der Waals surface area contributed by atoms with Crippen LogP contribution in [0.2, 0.25) is 0 Å². The van der Waals surface area contributed by atoms with E-state index in [2.05, 4.69) is 29.7 Å². The van der Waals surface area contributed by atoms with Crippen LogP contribution in [0, 0.1) is 12.8 Å². The van der Waals surface area contributed by atoms with Crippen LogP contribution in [0.25, 0.3) is 0 Å². The van der Waals surface area contributed by atoms with E-state index < -0.39 is 0 Å². The van der Waals surface area contributed by atoms with E-state index in [1.54, 1.807) is 7.11 Å². The zero-order chi connectivity index (χ0) is 19.1. The average Bonchev–Trinajstić information content (AvgIpc) is 2.72. The maximum absolute atomic E-state index is 12.5. The molecular weight excluding hydrogens is 340 g/mol. The summed E-state index contributed by atoms with van der Waals surface area (Å²) in [6.45, 7) is 6.38. The topological polar surface area (TPSA) is 59.6 Å². The molecule has 5 heteroatoms. The minimum atomic E-state index is -0.111. The lowest BCUT2D eigenvalue weighted by molar-refractivity contribution is -0.122. The molecule has 0 aliphatic carbocycles. The van der Waals surface area contributed by atoms with Crippen molar-refractivity contribution in [2.45, 2.75) is 50.9 Å². The molecule has 0 saturated carbocycles. The first-order valence-electron chi connectivity index (χ1n) is 10.3. The number of ether oxygens (including phenoxy) is 2. The van der Waals surface area contributed by atoms with Gasteiger partial charge in [0.05, 0.1) is 7.11 Å². The molecule has 27 heavy (non-hydrogen) atoms. The predicted molar refractivity (Wildman–Crippen MR) is 107 cm³/mol. The van der Waals surface area contributed by atoms with Gasteiger partial charge in [0, 0.05) is 37.2 Å². The monoisotopic (exact) mass is 374 g/mol. The second-order valence-corrected chi connectivity index (χ2v) is 8.11. The van der Waals surface area contributed by atoms with Gasteiger partial charge in [-0.15, -0.1) is 0 Å². The molecule has 2 fully saturated rings. The molecule has 1 aromatic rings. The molecule has 0 atom stereocenters. The third-order valence-electron chi connectivity index (χ3n) is 6.24. The minimum Gasteiger partial charge on any atom is -0.496 e. The quantitative estimate of drug-likeness (QED) is 0.770. The zero-order valence-corrected chi connectivity index (χ0v) is 16.8. The molecule has 2 heterocycles. The number of rotatable bonds is 7. The van der Waals surface area contributed by atoms with Crippen LogP contribution in [0.4, 0.5) is 0 Å². The fourth-order valence-corrected chi connectivity index (χ4v) is 4.40. The largest absolute Gasteiger partial charge is 0.496 e. The molecule has 0 bridgehead atoms. The van der Waals surface area contributed by atoms with E-state index >= 15 is 0 Å². The Morgan fingerprint density at radius 2 is 2.04 bits per heavy atom. The van der Waals surface area contributed by atoms with Crippen molar-refractivity contribution < 1.29 is 14.3 Å². The summed E-state index contributed by atoms with van der Waals surface area (Å²) in [7, 11) is 1.72. The summed E-state index contributed by atoms with van der Waals surface area (Å²) in [5.74, 6) is 1.77. The summed E-state index contributed by atoms with van der Waals surface area (Å²) in [5.41, 5.74) is 2.31. The van der Waals surface area contributed by atoms with Crippen LogP contribution >= 0.6 is 0 Å².